The molecule has 0 bridgehead atoms. The molecule has 0 radical (unpaired) electrons. The lowest BCUT2D eigenvalue weighted by Gasteiger charge is -2.31. The Bertz CT molecular complexity index is 1200. The quantitative estimate of drug-likeness (QED) is 0.323. The average Bonchev–Trinajstić information content (AvgIpc) is 3.00. The third-order valence-electron chi connectivity index (χ3n) is 8.31. The molecular weight excluding hydrogens is 542 g/mol. The van der Waals surface area contributed by atoms with Crippen LogP contribution >= 0.6 is 0 Å². The van der Waals surface area contributed by atoms with Gasteiger partial charge in [-0.15, -0.1) is 0 Å². The Labute approximate surface area is 245 Å². The molecule has 2 atom stereocenters. The van der Waals surface area contributed by atoms with E-state index in [9.17, 15) is 28.0 Å². The number of nitrogens with one attached hydrogen (secondary N) is 3. The standard InChI is InChI=1S/C32H40F2N4O4/c33-32(34)16-14-24(15-17-32)29(40)38-27(20-23-11-5-2-6-12-23)30(41)37-26(19-22-9-3-1-4-10-22)28(39)31(42)36-21-25-13-7-8-18-35-25/h1,3-4,7-10,13,18,23-24,26-27H,2,5-6,11-12,14-17,19-21H2,(H,36,42)(H,37,41)(H,38,40)/t26-,27-/m1/s1. The summed E-state index contributed by atoms with van der Waals surface area (Å²) in [6.45, 7) is 0.0538. The number of aromatic nitrogens is 1. The first-order valence-electron chi connectivity index (χ1n) is 14.9. The lowest BCUT2D eigenvalue weighted by atomic mass is 9.83. The fourth-order valence-electron chi connectivity index (χ4n) is 5.83. The highest BCUT2D eigenvalue weighted by molar-refractivity contribution is 6.38. The highest BCUT2D eigenvalue weighted by Crippen LogP contribution is 2.36. The molecule has 3 N–H and O–H groups in total. The molecule has 226 valence electrons. The molecule has 0 saturated heterocycles. The first kappa shape index (κ1) is 31.3. The predicted octanol–water partition coefficient (Wildman–Crippen LogP) is 4.28. The second-order valence-corrected chi connectivity index (χ2v) is 11.6. The summed E-state index contributed by atoms with van der Waals surface area (Å²) in [7, 11) is 0. The van der Waals surface area contributed by atoms with Crippen LogP contribution in [0.5, 0.6) is 0 Å². The van der Waals surface area contributed by atoms with Gasteiger partial charge in [0.15, 0.2) is 0 Å². The van der Waals surface area contributed by atoms with E-state index in [-0.39, 0.29) is 44.6 Å². The van der Waals surface area contributed by atoms with Gasteiger partial charge in [-0.05, 0) is 42.9 Å². The van der Waals surface area contributed by atoms with Crippen LogP contribution in [0.15, 0.2) is 54.7 Å². The van der Waals surface area contributed by atoms with Crippen LogP contribution in [0.4, 0.5) is 8.78 Å². The van der Waals surface area contributed by atoms with Crippen molar-refractivity contribution in [2.24, 2.45) is 11.8 Å². The Morgan fingerprint density at radius 2 is 1.55 bits per heavy atom. The molecule has 1 heterocycles. The summed E-state index contributed by atoms with van der Waals surface area (Å²) in [5, 5.41) is 8.17. The van der Waals surface area contributed by atoms with Gasteiger partial charge in [-0.3, -0.25) is 24.2 Å². The molecule has 0 unspecified atom stereocenters. The Kier molecular flexibility index (Phi) is 11.1. The van der Waals surface area contributed by atoms with Crippen LogP contribution in [0, 0.1) is 11.8 Å². The maximum Gasteiger partial charge on any atom is 0.289 e. The number of pyridine rings is 1. The molecule has 42 heavy (non-hydrogen) atoms. The average molecular weight is 583 g/mol. The van der Waals surface area contributed by atoms with E-state index in [1.807, 2.05) is 6.07 Å². The zero-order valence-electron chi connectivity index (χ0n) is 23.8. The third-order valence-corrected chi connectivity index (χ3v) is 8.31. The molecule has 1 aromatic heterocycles. The molecule has 2 saturated carbocycles. The van der Waals surface area contributed by atoms with Crippen molar-refractivity contribution in [1.29, 1.82) is 0 Å². The summed E-state index contributed by atoms with van der Waals surface area (Å²) < 4.78 is 27.4. The summed E-state index contributed by atoms with van der Waals surface area (Å²) in [4.78, 5) is 57.2. The van der Waals surface area contributed by atoms with E-state index in [2.05, 4.69) is 20.9 Å². The van der Waals surface area contributed by atoms with Crippen molar-refractivity contribution in [1.82, 2.24) is 20.9 Å². The zero-order chi connectivity index (χ0) is 30.0. The third kappa shape index (κ3) is 9.42. The van der Waals surface area contributed by atoms with Crippen molar-refractivity contribution in [2.75, 3.05) is 0 Å². The second kappa shape index (κ2) is 15.0. The summed E-state index contributed by atoms with van der Waals surface area (Å²) in [6.07, 6.45) is 6.52. The predicted molar refractivity (Wildman–Crippen MR) is 153 cm³/mol. The molecule has 2 aliphatic carbocycles. The number of ketones is 1. The summed E-state index contributed by atoms with van der Waals surface area (Å²) >= 11 is 0. The Morgan fingerprint density at radius 3 is 2.21 bits per heavy atom. The fourth-order valence-corrected chi connectivity index (χ4v) is 5.83. The van der Waals surface area contributed by atoms with E-state index < -0.39 is 47.4 Å². The molecule has 1 aromatic carbocycles. The van der Waals surface area contributed by atoms with Crippen LogP contribution in [-0.2, 0) is 32.1 Å². The molecule has 0 spiro atoms. The molecular formula is C32H40F2N4O4. The van der Waals surface area contributed by atoms with Crippen LogP contribution in [0.2, 0.25) is 0 Å². The molecule has 2 fully saturated rings. The highest BCUT2D eigenvalue weighted by Gasteiger charge is 2.39. The van der Waals surface area contributed by atoms with Crippen molar-refractivity contribution in [3.8, 4) is 0 Å². The van der Waals surface area contributed by atoms with Gasteiger partial charge in [0.2, 0.25) is 23.5 Å². The van der Waals surface area contributed by atoms with Gasteiger partial charge in [-0.2, -0.15) is 0 Å². The van der Waals surface area contributed by atoms with Gasteiger partial charge in [0.1, 0.15) is 12.1 Å². The van der Waals surface area contributed by atoms with Crippen LogP contribution in [0.25, 0.3) is 0 Å². The van der Waals surface area contributed by atoms with Gasteiger partial charge in [0.05, 0.1) is 12.2 Å². The van der Waals surface area contributed by atoms with Gasteiger partial charge in [-0.1, -0.05) is 68.5 Å². The van der Waals surface area contributed by atoms with Crippen LogP contribution in [0.3, 0.4) is 0 Å². The van der Waals surface area contributed by atoms with Crippen LogP contribution in [0.1, 0.15) is 75.5 Å². The molecule has 8 nitrogen and oxygen atoms in total. The zero-order valence-corrected chi connectivity index (χ0v) is 23.8. The van der Waals surface area contributed by atoms with Crippen molar-refractivity contribution >= 4 is 23.5 Å². The summed E-state index contributed by atoms with van der Waals surface area (Å²) in [5.41, 5.74) is 1.34. The number of rotatable bonds is 12. The summed E-state index contributed by atoms with van der Waals surface area (Å²) in [6, 6.07) is 12.2. The Hall–Kier alpha value is -3.69. The number of carbonyl (C=O) groups excluding carboxylic acids is 4. The first-order valence-corrected chi connectivity index (χ1v) is 14.9. The number of carbonyl (C=O) groups is 4. The van der Waals surface area contributed by atoms with Gasteiger partial charge >= 0.3 is 0 Å². The molecule has 2 aliphatic rings. The Morgan fingerprint density at radius 1 is 0.857 bits per heavy atom. The van der Waals surface area contributed by atoms with Crippen molar-refractivity contribution in [3.63, 3.8) is 0 Å². The number of hydrogen-bond acceptors (Lipinski definition) is 5. The molecule has 10 heteroatoms. The van der Waals surface area contributed by atoms with Gasteiger partial charge in [0.25, 0.3) is 5.91 Å². The fraction of sp³-hybridized carbons (Fsp3) is 0.531. The number of Topliss-reactive ketones (excluding diaryl/α,β-unsaturated/α-hetero) is 1. The SMILES string of the molecule is O=C(NCc1ccccn1)C(=O)[C@@H](Cc1ccccc1)NC(=O)[C@@H](CC1CCCCC1)NC(=O)C1CCC(F)(F)CC1. The molecule has 0 aliphatic heterocycles. The number of halogens is 2. The second-order valence-electron chi connectivity index (χ2n) is 11.6. The summed E-state index contributed by atoms with van der Waals surface area (Å²) in [5.74, 6) is -5.76. The van der Waals surface area contributed by atoms with E-state index in [0.717, 1.165) is 37.7 Å². The lowest BCUT2D eigenvalue weighted by Crippen LogP contribution is -2.55. The highest BCUT2D eigenvalue weighted by atomic mass is 19.3. The van der Waals surface area contributed by atoms with Crippen molar-refractivity contribution in [3.05, 3.63) is 66.0 Å². The topological polar surface area (TPSA) is 117 Å². The van der Waals surface area contributed by atoms with E-state index in [4.69, 9.17) is 0 Å². The number of amides is 3. The Balaban J connectivity index is 1.47. The number of nitrogens with zero attached hydrogens (tertiary/aromatic N) is 1. The largest absolute Gasteiger partial charge is 0.344 e. The molecule has 3 amide bonds. The van der Waals surface area contributed by atoms with Crippen LogP contribution < -0.4 is 16.0 Å². The lowest BCUT2D eigenvalue weighted by molar-refractivity contribution is -0.141. The monoisotopic (exact) mass is 582 g/mol. The minimum absolute atomic E-state index is 0.0538. The smallest absolute Gasteiger partial charge is 0.289 e. The van der Waals surface area contributed by atoms with Crippen molar-refractivity contribution in [2.45, 2.75) is 95.2 Å². The normalized spacial score (nSPS) is 18.8. The number of alkyl halides is 2. The minimum atomic E-state index is -2.77. The van der Waals surface area contributed by atoms with Gasteiger partial charge in [-0.25, -0.2) is 8.78 Å². The first-order chi connectivity index (χ1) is 20.2. The van der Waals surface area contributed by atoms with E-state index >= 15 is 0 Å². The maximum atomic E-state index is 13.7. The molecule has 2 aromatic rings. The van der Waals surface area contributed by atoms with Gasteiger partial charge < -0.3 is 16.0 Å². The maximum absolute atomic E-state index is 13.7. The molecule has 4 rings (SSSR count). The number of benzene rings is 1. The van der Waals surface area contributed by atoms with E-state index in [0.29, 0.717) is 12.1 Å². The minimum Gasteiger partial charge on any atom is -0.344 e. The van der Waals surface area contributed by atoms with E-state index in [1.54, 1.807) is 48.7 Å². The number of hydrogen-bond donors (Lipinski definition) is 3. The van der Waals surface area contributed by atoms with Crippen LogP contribution in [-0.4, -0.2) is 46.5 Å². The van der Waals surface area contributed by atoms with Crippen molar-refractivity contribution < 1.29 is 28.0 Å². The van der Waals surface area contributed by atoms with E-state index in [1.165, 1.54) is 0 Å². The van der Waals surface area contributed by atoms with Gasteiger partial charge in [0, 0.05) is 31.4 Å².